The van der Waals surface area contributed by atoms with Gasteiger partial charge in [-0.2, -0.15) is 0 Å². The molecule has 2 aliphatic rings. The SMILES string of the molecule is CC(C)C1C(=O)NC(=O)N(CCN2CCCCC2)C1=O. The zero-order valence-corrected chi connectivity index (χ0v) is 12.2. The van der Waals surface area contributed by atoms with Crippen LogP contribution >= 0.6 is 0 Å². The third-order valence-electron chi connectivity index (χ3n) is 4.05. The molecule has 0 aromatic heterocycles. The van der Waals surface area contributed by atoms with Gasteiger partial charge in [-0.3, -0.25) is 19.8 Å². The average molecular weight is 281 g/mol. The Morgan fingerprint density at radius 1 is 1.10 bits per heavy atom. The molecule has 20 heavy (non-hydrogen) atoms. The number of imide groups is 2. The highest BCUT2D eigenvalue weighted by atomic mass is 16.2. The molecule has 2 aliphatic heterocycles. The van der Waals surface area contributed by atoms with Gasteiger partial charge in [-0.1, -0.05) is 20.3 Å². The minimum absolute atomic E-state index is 0.104. The Labute approximate surface area is 119 Å². The molecule has 1 atom stereocenters. The van der Waals surface area contributed by atoms with Crippen LogP contribution in [0.3, 0.4) is 0 Å². The molecule has 2 fully saturated rings. The smallest absolute Gasteiger partial charge is 0.302 e. The second-order valence-corrected chi connectivity index (χ2v) is 5.91. The Morgan fingerprint density at radius 2 is 1.75 bits per heavy atom. The monoisotopic (exact) mass is 281 g/mol. The van der Waals surface area contributed by atoms with E-state index in [0.29, 0.717) is 13.1 Å². The van der Waals surface area contributed by atoms with E-state index in [1.807, 2.05) is 13.8 Å². The lowest BCUT2D eigenvalue weighted by Crippen LogP contribution is -2.60. The fourth-order valence-electron chi connectivity index (χ4n) is 2.85. The Kier molecular flexibility index (Phi) is 4.75. The molecule has 2 heterocycles. The molecule has 0 bridgehead atoms. The van der Waals surface area contributed by atoms with Crippen LogP contribution in [0, 0.1) is 11.8 Å². The van der Waals surface area contributed by atoms with E-state index >= 15 is 0 Å². The van der Waals surface area contributed by atoms with Gasteiger partial charge >= 0.3 is 6.03 Å². The van der Waals surface area contributed by atoms with E-state index in [9.17, 15) is 14.4 Å². The Hall–Kier alpha value is -1.43. The molecule has 1 N–H and O–H groups in total. The van der Waals surface area contributed by atoms with Crippen LogP contribution in [0.4, 0.5) is 4.79 Å². The zero-order valence-electron chi connectivity index (χ0n) is 12.2. The Morgan fingerprint density at radius 3 is 2.35 bits per heavy atom. The quantitative estimate of drug-likeness (QED) is 0.775. The molecule has 1 unspecified atom stereocenters. The summed E-state index contributed by atoms with van der Waals surface area (Å²) in [5, 5.41) is 2.29. The van der Waals surface area contributed by atoms with E-state index in [4.69, 9.17) is 0 Å². The number of piperidine rings is 1. The molecule has 0 spiro atoms. The van der Waals surface area contributed by atoms with Crippen molar-refractivity contribution in [3.8, 4) is 0 Å². The molecule has 0 radical (unpaired) electrons. The van der Waals surface area contributed by atoms with Gasteiger partial charge in [-0.05, 0) is 31.8 Å². The first-order valence-electron chi connectivity index (χ1n) is 7.39. The highest BCUT2D eigenvalue weighted by Crippen LogP contribution is 2.19. The van der Waals surface area contributed by atoms with E-state index in [2.05, 4.69) is 10.2 Å². The number of hydrogen-bond donors (Lipinski definition) is 1. The summed E-state index contributed by atoms with van der Waals surface area (Å²) in [5.41, 5.74) is 0. The number of rotatable bonds is 4. The van der Waals surface area contributed by atoms with Crippen LogP contribution in [-0.4, -0.2) is 53.8 Å². The number of nitrogens with one attached hydrogen (secondary N) is 1. The van der Waals surface area contributed by atoms with Crippen LogP contribution in [0.1, 0.15) is 33.1 Å². The van der Waals surface area contributed by atoms with Gasteiger partial charge in [0, 0.05) is 13.1 Å². The van der Waals surface area contributed by atoms with Crippen LogP contribution in [0.5, 0.6) is 0 Å². The Balaban J connectivity index is 1.96. The number of likely N-dealkylation sites (tertiary alicyclic amines) is 1. The van der Waals surface area contributed by atoms with Crippen molar-refractivity contribution < 1.29 is 14.4 Å². The van der Waals surface area contributed by atoms with Gasteiger partial charge in [0.2, 0.25) is 11.8 Å². The van der Waals surface area contributed by atoms with Crippen molar-refractivity contribution in [1.29, 1.82) is 0 Å². The van der Waals surface area contributed by atoms with Crippen LogP contribution in [0.2, 0.25) is 0 Å². The van der Waals surface area contributed by atoms with Crippen molar-refractivity contribution in [2.45, 2.75) is 33.1 Å². The summed E-state index contributed by atoms with van der Waals surface area (Å²) < 4.78 is 0. The van der Waals surface area contributed by atoms with E-state index in [-0.39, 0.29) is 11.8 Å². The largest absolute Gasteiger partial charge is 0.330 e. The molecular weight excluding hydrogens is 258 g/mol. The number of carbonyl (C=O) groups excluding carboxylic acids is 3. The molecule has 0 aliphatic carbocycles. The van der Waals surface area contributed by atoms with E-state index in [1.54, 1.807) is 0 Å². The summed E-state index contributed by atoms with van der Waals surface area (Å²) >= 11 is 0. The van der Waals surface area contributed by atoms with Gasteiger partial charge in [0.05, 0.1) is 0 Å². The third-order valence-corrected chi connectivity index (χ3v) is 4.05. The first-order chi connectivity index (χ1) is 9.50. The summed E-state index contributed by atoms with van der Waals surface area (Å²) in [4.78, 5) is 39.3. The second-order valence-electron chi connectivity index (χ2n) is 5.91. The third kappa shape index (κ3) is 3.17. The van der Waals surface area contributed by atoms with Crippen molar-refractivity contribution in [3.63, 3.8) is 0 Å². The first-order valence-corrected chi connectivity index (χ1v) is 7.39. The average Bonchev–Trinajstić information content (AvgIpc) is 2.38. The number of hydrogen-bond acceptors (Lipinski definition) is 4. The summed E-state index contributed by atoms with van der Waals surface area (Å²) in [6, 6.07) is -0.575. The fraction of sp³-hybridized carbons (Fsp3) is 0.786. The maximum atomic E-state index is 12.3. The molecule has 0 saturated carbocycles. The maximum Gasteiger partial charge on any atom is 0.330 e. The molecule has 6 heteroatoms. The molecule has 2 saturated heterocycles. The first kappa shape index (κ1) is 15.0. The van der Waals surface area contributed by atoms with Crippen molar-refractivity contribution in [3.05, 3.63) is 0 Å². The number of nitrogens with zero attached hydrogens (tertiary/aromatic N) is 2. The summed E-state index contributed by atoms with van der Waals surface area (Å²) in [5.74, 6) is -1.67. The standard InChI is InChI=1S/C14H23N3O3/c1-10(2)11-12(18)15-14(20)17(13(11)19)9-8-16-6-4-3-5-7-16/h10-11H,3-9H2,1-2H3,(H,15,18,20). The predicted molar refractivity (Wildman–Crippen MR) is 73.9 cm³/mol. The molecule has 0 aromatic rings. The minimum atomic E-state index is -0.742. The van der Waals surface area contributed by atoms with E-state index in [0.717, 1.165) is 13.1 Å². The number of carbonyl (C=O) groups is 3. The van der Waals surface area contributed by atoms with Gasteiger partial charge in [0.25, 0.3) is 0 Å². The summed E-state index contributed by atoms with van der Waals surface area (Å²) in [6.07, 6.45) is 3.60. The highest BCUT2D eigenvalue weighted by molar-refractivity contribution is 6.16. The topological polar surface area (TPSA) is 69.7 Å². The summed E-state index contributed by atoms with van der Waals surface area (Å²) in [6.45, 7) is 6.74. The normalized spacial score (nSPS) is 25.2. The maximum absolute atomic E-state index is 12.3. The van der Waals surface area contributed by atoms with E-state index < -0.39 is 17.9 Å². The highest BCUT2D eigenvalue weighted by Gasteiger charge is 2.41. The van der Waals surface area contributed by atoms with Gasteiger partial charge in [-0.15, -0.1) is 0 Å². The van der Waals surface area contributed by atoms with Gasteiger partial charge in [0.15, 0.2) is 0 Å². The lowest BCUT2D eigenvalue weighted by molar-refractivity contribution is -0.144. The minimum Gasteiger partial charge on any atom is -0.302 e. The zero-order chi connectivity index (χ0) is 14.7. The molecule has 2 rings (SSSR count). The molecular formula is C14H23N3O3. The van der Waals surface area contributed by atoms with Gasteiger partial charge < -0.3 is 4.90 Å². The van der Waals surface area contributed by atoms with Crippen molar-refractivity contribution in [2.24, 2.45) is 11.8 Å². The van der Waals surface area contributed by atoms with Crippen molar-refractivity contribution in [2.75, 3.05) is 26.2 Å². The molecule has 6 nitrogen and oxygen atoms in total. The van der Waals surface area contributed by atoms with Crippen LogP contribution in [-0.2, 0) is 9.59 Å². The lowest BCUT2D eigenvalue weighted by atomic mass is 9.92. The predicted octanol–water partition coefficient (Wildman–Crippen LogP) is 0.823. The van der Waals surface area contributed by atoms with Crippen LogP contribution in [0.25, 0.3) is 0 Å². The number of barbiturate groups is 1. The second kappa shape index (κ2) is 6.35. The number of urea groups is 1. The molecule has 0 aromatic carbocycles. The van der Waals surface area contributed by atoms with Gasteiger partial charge in [-0.25, -0.2) is 4.79 Å². The van der Waals surface area contributed by atoms with Crippen LogP contribution in [0.15, 0.2) is 0 Å². The Bertz CT molecular complexity index is 402. The van der Waals surface area contributed by atoms with Crippen molar-refractivity contribution in [1.82, 2.24) is 15.1 Å². The summed E-state index contributed by atoms with van der Waals surface area (Å²) in [7, 11) is 0. The van der Waals surface area contributed by atoms with E-state index in [1.165, 1.54) is 24.2 Å². The lowest BCUT2D eigenvalue weighted by Gasteiger charge is -2.34. The molecule has 4 amide bonds. The van der Waals surface area contributed by atoms with Crippen LogP contribution < -0.4 is 5.32 Å². The van der Waals surface area contributed by atoms with Crippen molar-refractivity contribution >= 4 is 17.8 Å². The van der Waals surface area contributed by atoms with Gasteiger partial charge in [0.1, 0.15) is 5.92 Å². The fourth-order valence-corrected chi connectivity index (χ4v) is 2.85. The number of amides is 4. The molecule has 112 valence electrons.